The van der Waals surface area contributed by atoms with Crippen LogP contribution in [-0.4, -0.2) is 15.0 Å². The zero-order valence-electron chi connectivity index (χ0n) is 8.52. The Hall–Kier alpha value is -0.870. The number of benzene rings is 1. The molecule has 2 rings (SSSR count). The summed E-state index contributed by atoms with van der Waals surface area (Å²) in [5.41, 5.74) is 0. The van der Waals surface area contributed by atoms with E-state index < -0.39 is 10.0 Å². The monoisotopic (exact) mass is 225 g/mol. The number of sulfonamides is 1. The van der Waals surface area contributed by atoms with Crippen LogP contribution in [0.5, 0.6) is 0 Å². The molecule has 1 aromatic rings. The molecule has 0 atom stereocenters. The maximum atomic E-state index is 11.7. The summed E-state index contributed by atoms with van der Waals surface area (Å²) >= 11 is 0. The molecule has 3 nitrogen and oxygen atoms in total. The van der Waals surface area contributed by atoms with E-state index in [1.54, 1.807) is 24.3 Å². The highest BCUT2D eigenvalue weighted by atomic mass is 32.2. The molecule has 1 saturated carbocycles. The molecule has 15 heavy (non-hydrogen) atoms. The Morgan fingerprint density at radius 3 is 2.47 bits per heavy atom. The molecule has 1 aliphatic carbocycles. The third-order valence-electron chi connectivity index (χ3n) is 2.60. The Morgan fingerprint density at radius 1 is 1.20 bits per heavy atom. The van der Waals surface area contributed by atoms with Crippen molar-refractivity contribution in [1.29, 1.82) is 0 Å². The average Bonchev–Trinajstić information content (AvgIpc) is 3.03. The summed E-state index contributed by atoms with van der Waals surface area (Å²) in [6, 6.07) is 8.49. The van der Waals surface area contributed by atoms with Gasteiger partial charge in [0.25, 0.3) is 0 Å². The third-order valence-corrected chi connectivity index (χ3v) is 4.07. The van der Waals surface area contributed by atoms with E-state index in [0.717, 1.165) is 12.3 Å². The lowest BCUT2D eigenvalue weighted by Gasteiger charge is -2.05. The molecule has 1 aliphatic rings. The minimum absolute atomic E-state index is 0.348. The Kier molecular flexibility index (Phi) is 3.07. The Bertz CT molecular complexity index is 409. The smallest absolute Gasteiger partial charge is 0.211 e. The molecular weight excluding hydrogens is 210 g/mol. The predicted molar refractivity (Wildman–Crippen MR) is 59.0 cm³/mol. The van der Waals surface area contributed by atoms with Crippen LogP contribution in [0.25, 0.3) is 0 Å². The molecule has 0 amide bonds. The molecule has 1 fully saturated rings. The van der Waals surface area contributed by atoms with Gasteiger partial charge < -0.3 is 0 Å². The second kappa shape index (κ2) is 4.33. The molecule has 0 aromatic heterocycles. The minimum atomic E-state index is -3.28. The van der Waals surface area contributed by atoms with E-state index in [1.165, 1.54) is 12.8 Å². The van der Waals surface area contributed by atoms with Gasteiger partial charge in [-0.05, 0) is 24.5 Å². The molecule has 0 saturated heterocycles. The molecule has 1 N–H and O–H groups in total. The quantitative estimate of drug-likeness (QED) is 0.830. The molecule has 1 aromatic carbocycles. The van der Waals surface area contributed by atoms with Gasteiger partial charge in [-0.3, -0.25) is 0 Å². The first kappa shape index (κ1) is 10.6. The van der Waals surface area contributed by atoms with Gasteiger partial charge in [0.2, 0.25) is 10.0 Å². The first-order chi connectivity index (χ1) is 7.18. The predicted octanol–water partition coefficient (Wildman–Crippen LogP) is 1.76. The van der Waals surface area contributed by atoms with Crippen LogP contribution in [0.4, 0.5) is 0 Å². The minimum Gasteiger partial charge on any atom is -0.211 e. The topological polar surface area (TPSA) is 46.2 Å². The zero-order valence-corrected chi connectivity index (χ0v) is 9.33. The Morgan fingerprint density at radius 2 is 1.87 bits per heavy atom. The summed E-state index contributed by atoms with van der Waals surface area (Å²) in [5, 5.41) is 0. The standard InChI is InChI=1S/C11H15NO2S/c13-15(14,11-4-2-1-3-5-11)12-9-8-10-6-7-10/h1-5,10,12H,6-9H2. The first-order valence-corrected chi connectivity index (χ1v) is 6.71. The van der Waals surface area contributed by atoms with E-state index in [4.69, 9.17) is 0 Å². The number of hydrogen-bond acceptors (Lipinski definition) is 2. The molecule has 0 unspecified atom stereocenters. The zero-order chi connectivity index (χ0) is 10.7. The molecular formula is C11H15NO2S. The van der Waals surface area contributed by atoms with Crippen LogP contribution >= 0.6 is 0 Å². The van der Waals surface area contributed by atoms with Crippen molar-refractivity contribution >= 4 is 10.0 Å². The highest BCUT2D eigenvalue weighted by Crippen LogP contribution is 2.31. The van der Waals surface area contributed by atoms with Gasteiger partial charge in [-0.2, -0.15) is 0 Å². The molecule has 0 heterocycles. The van der Waals surface area contributed by atoms with Crippen molar-refractivity contribution in [3.63, 3.8) is 0 Å². The van der Waals surface area contributed by atoms with Crippen molar-refractivity contribution in [2.45, 2.75) is 24.2 Å². The summed E-state index contributed by atoms with van der Waals surface area (Å²) in [5.74, 6) is 0.753. The van der Waals surface area contributed by atoms with Crippen molar-refractivity contribution in [3.8, 4) is 0 Å². The Labute approximate surface area is 90.6 Å². The van der Waals surface area contributed by atoms with Gasteiger partial charge in [-0.1, -0.05) is 31.0 Å². The van der Waals surface area contributed by atoms with E-state index >= 15 is 0 Å². The third kappa shape index (κ3) is 3.04. The van der Waals surface area contributed by atoms with Crippen molar-refractivity contribution in [3.05, 3.63) is 30.3 Å². The van der Waals surface area contributed by atoms with Crippen LogP contribution in [0.1, 0.15) is 19.3 Å². The number of nitrogens with one attached hydrogen (secondary N) is 1. The largest absolute Gasteiger partial charge is 0.240 e. The van der Waals surface area contributed by atoms with Crippen molar-refractivity contribution in [1.82, 2.24) is 4.72 Å². The fraction of sp³-hybridized carbons (Fsp3) is 0.455. The number of rotatable bonds is 5. The summed E-state index contributed by atoms with van der Waals surface area (Å²) in [6.07, 6.45) is 3.48. The van der Waals surface area contributed by atoms with E-state index in [9.17, 15) is 8.42 Å². The highest BCUT2D eigenvalue weighted by Gasteiger charge is 2.21. The normalized spacial score (nSPS) is 16.5. The van der Waals surface area contributed by atoms with Crippen LogP contribution in [0.15, 0.2) is 35.2 Å². The molecule has 0 spiro atoms. The maximum absolute atomic E-state index is 11.7. The SMILES string of the molecule is O=S(=O)(NCCC1CC1)c1ccccc1. The van der Waals surface area contributed by atoms with E-state index in [0.29, 0.717) is 11.4 Å². The lowest BCUT2D eigenvalue weighted by Crippen LogP contribution is -2.24. The van der Waals surface area contributed by atoms with Gasteiger partial charge in [-0.25, -0.2) is 13.1 Å². The highest BCUT2D eigenvalue weighted by molar-refractivity contribution is 7.89. The van der Waals surface area contributed by atoms with Crippen molar-refractivity contribution in [2.75, 3.05) is 6.54 Å². The fourth-order valence-corrected chi connectivity index (χ4v) is 2.56. The van der Waals surface area contributed by atoms with Gasteiger partial charge in [0.15, 0.2) is 0 Å². The molecule has 4 heteroatoms. The van der Waals surface area contributed by atoms with Crippen LogP contribution in [0, 0.1) is 5.92 Å². The van der Waals surface area contributed by atoms with Crippen LogP contribution in [-0.2, 0) is 10.0 Å². The van der Waals surface area contributed by atoms with Gasteiger partial charge >= 0.3 is 0 Å². The Balaban J connectivity index is 1.93. The summed E-state index contributed by atoms with van der Waals surface area (Å²) < 4.78 is 26.1. The maximum Gasteiger partial charge on any atom is 0.240 e. The van der Waals surface area contributed by atoms with E-state index in [2.05, 4.69) is 4.72 Å². The average molecular weight is 225 g/mol. The summed E-state index contributed by atoms with van der Waals surface area (Å²) in [7, 11) is -3.28. The van der Waals surface area contributed by atoms with Gasteiger partial charge in [0, 0.05) is 6.54 Å². The van der Waals surface area contributed by atoms with Crippen LogP contribution in [0.2, 0.25) is 0 Å². The molecule has 0 radical (unpaired) electrons. The van der Waals surface area contributed by atoms with E-state index in [1.807, 2.05) is 6.07 Å². The second-order valence-electron chi connectivity index (χ2n) is 3.94. The molecule has 0 aliphatic heterocycles. The van der Waals surface area contributed by atoms with Crippen LogP contribution < -0.4 is 4.72 Å². The van der Waals surface area contributed by atoms with Crippen molar-refractivity contribution in [2.24, 2.45) is 5.92 Å². The fourth-order valence-electron chi connectivity index (χ4n) is 1.49. The first-order valence-electron chi connectivity index (χ1n) is 5.23. The van der Waals surface area contributed by atoms with E-state index in [-0.39, 0.29) is 0 Å². The molecule has 0 bridgehead atoms. The number of hydrogen-bond donors (Lipinski definition) is 1. The molecule has 82 valence electrons. The van der Waals surface area contributed by atoms with Crippen LogP contribution in [0.3, 0.4) is 0 Å². The summed E-state index contributed by atoms with van der Waals surface area (Å²) in [4.78, 5) is 0.348. The lowest BCUT2D eigenvalue weighted by molar-refractivity contribution is 0.575. The van der Waals surface area contributed by atoms with Gasteiger partial charge in [-0.15, -0.1) is 0 Å². The summed E-state index contributed by atoms with van der Waals surface area (Å²) in [6.45, 7) is 0.557. The van der Waals surface area contributed by atoms with Crippen molar-refractivity contribution < 1.29 is 8.42 Å². The van der Waals surface area contributed by atoms with Gasteiger partial charge in [0.1, 0.15) is 0 Å². The second-order valence-corrected chi connectivity index (χ2v) is 5.71. The van der Waals surface area contributed by atoms with Gasteiger partial charge in [0.05, 0.1) is 4.90 Å². The lowest BCUT2D eigenvalue weighted by atomic mass is 10.3.